The van der Waals surface area contributed by atoms with E-state index in [0.29, 0.717) is 5.92 Å². The molecular weight excluding hydrogens is 260 g/mol. The summed E-state index contributed by atoms with van der Waals surface area (Å²) in [5, 5.41) is 11.8. The SMILES string of the molecule is CCCC(CCC)C1(O)c2cc(OC)ccc2CC1(C)C. The van der Waals surface area contributed by atoms with Crippen molar-refractivity contribution in [1.82, 2.24) is 0 Å². The number of ether oxygens (including phenoxy) is 1. The van der Waals surface area contributed by atoms with Crippen LogP contribution in [0.5, 0.6) is 5.75 Å². The van der Waals surface area contributed by atoms with Crippen LogP contribution in [-0.2, 0) is 12.0 Å². The number of benzene rings is 1. The van der Waals surface area contributed by atoms with E-state index in [0.717, 1.165) is 43.4 Å². The number of fused-ring (bicyclic) bond motifs is 1. The van der Waals surface area contributed by atoms with Crippen molar-refractivity contribution in [2.24, 2.45) is 11.3 Å². The van der Waals surface area contributed by atoms with Gasteiger partial charge in [-0.2, -0.15) is 0 Å². The van der Waals surface area contributed by atoms with Crippen molar-refractivity contribution in [3.63, 3.8) is 0 Å². The van der Waals surface area contributed by atoms with Crippen LogP contribution in [0.1, 0.15) is 64.5 Å². The fourth-order valence-corrected chi connectivity index (χ4v) is 4.20. The first-order valence-electron chi connectivity index (χ1n) is 8.30. The van der Waals surface area contributed by atoms with Crippen LogP contribution in [0.4, 0.5) is 0 Å². The van der Waals surface area contributed by atoms with Crippen molar-refractivity contribution < 1.29 is 9.84 Å². The zero-order chi connectivity index (χ0) is 15.7. The molecule has 1 aromatic rings. The molecule has 2 heteroatoms. The van der Waals surface area contributed by atoms with Crippen molar-refractivity contribution in [2.45, 2.75) is 65.4 Å². The Morgan fingerprint density at radius 2 is 1.81 bits per heavy atom. The normalized spacial score (nSPS) is 23.4. The Kier molecular flexibility index (Phi) is 4.67. The molecule has 0 saturated carbocycles. The highest BCUT2D eigenvalue weighted by Gasteiger charge is 2.54. The quantitative estimate of drug-likeness (QED) is 0.824. The van der Waals surface area contributed by atoms with Gasteiger partial charge in [0, 0.05) is 5.41 Å². The van der Waals surface area contributed by atoms with E-state index in [1.165, 1.54) is 5.56 Å². The summed E-state index contributed by atoms with van der Waals surface area (Å²) in [6, 6.07) is 6.19. The Labute approximate surface area is 129 Å². The number of hydrogen-bond acceptors (Lipinski definition) is 2. The van der Waals surface area contributed by atoms with Crippen molar-refractivity contribution in [1.29, 1.82) is 0 Å². The van der Waals surface area contributed by atoms with E-state index in [9.17, 15) is 5.11 Å². The topological polar surface area (TPSA) is 29.5 Å². The zero-order valence-corrected chi connectivity index (χ0v) is 14.2. The molecule has 1 N–H and O–H groups in total. The minimum atomic E-state index is -0.747. The van der Waals surface area contributed by atoms with Crippen molar-refractivity contribution >= 4 is 0 Å². The van der Waals surface area contributed by atoms with Gasteiger partial charge in [-0.25, -0.2) is 0 Å². The van der Waals surface area contributed by atoms with Gasteiger partial charge in [0.15, 0.2) is 0 Å². The monoisotopic (exact) mass is 290 g/mol. The largest absolute Gasteiger partial charge is 0.497 e. The zero-order valence-electron chi connectivity index (χ0n) is 14.2. The van der Waals surface area contributed by atoms with Crippen LogP contribution in [0.15, 0.2) is 18.2 Å². The van der Waals surface area contributed by atoms with Gasteiger partial charge in [-0.3, -0.25) is 0 Å². The number of methoxy groups -OCH3 is 1. The molecular formula is C19H30O2. The highest BCUT2D eigenvalue weighted by molar-refractivity contribution is 5.45. The van der Waals surface area contributed by atoms with E-state index < -0.39 is 5.60 Å². The molecule has 0 aliphatic heterocycles. The van der Waals surface area contributed by atoms with Crippen LogP contribution < -0.4 is 4.74 Å². The molecule has 0 amide bonds. The first-order valence-corrected chi connectivity index (χ1v) is 8.30. The summed E-state index contributed by atoms with van der Waals surface area (Å²) in [7, 11) is 1.69. The molecule has 0 saturated heterocycles. The highest BCUT2D eigenvalue weighted by atomic mass is 16.5. The molecule has 0 radical (unpaired) electrons. The molecule has 1 aliphatic carbocycles. The highest BCUT2D eigenvalue weighted by Crippen LogP contribution is 2.56. The third-order valence-corrected chi connectivity index (χ3v) is 5.26. The van der Waals surface area contributed by atoms with E-state index in [1.54, 1.807) is 7.11 Å². The lowest BCUT2D eigenvalue weighted by atomic mass is 9.65. The van der Waals surface area contributed by atoms with Gasteiger partial charge in [0.1, 0.15) is 5.75 Å². The third-order valence-electron chi connectivity index (χ3n) is 5.26. The smallest absolute Gasteiger partial charge is 0.119 e. The fourth-order valence-electron chi connectivity index (χ4n) is 4.20. The Bertz CT molecular complexity index is 486. The summed E-state index contributed by atoms with van der Waals surface area (Å²) in [5.41, 5.74) is 1.50. The summed E-state index contributed by atoms with van der Waals surface area (Å²) in [5.74, 6) is 1.16. The second kappa shape index (κ2) is 6.00. The molecule has 2 nitrogen and oxygen atoms in total. The molecule has 1 unspecified atom stereocenters. The number of aliphatic hydroxyl groups is 1. The second-order valence-electron chi connectivity index (χ2n) is 7.12. The third kappa shape index (κ3) is 2.59. The van der Waals surface area contributed by atoms with Gasteiger partial charge in [0.25, 0.3) is 0 Å². The summed E-state index contributed by atoms with van der Waals surface area (Å²) in [4.78, 5) is 0. The lowest BCUT2D eigenvalue weighted by molar-refractivity contribution is -0.113. The van der Waals surface area contributed by atoms with Crippen LogP contribution in [0, 0.1) is 11.3 Å². The van der Waals surface area contributed by atoms with Crippen molar-refractivity contribution in [3.05, 3.63) is 29.3 Å². The van der Waals surface area contributed by atoms with E-state index in [-0.39, 0.29) is 5.41 Å². The van der Waals surface area contributed by atoms with Gasteiger partial charge in [0.2, 0.25) is 0 Å². The molecule has 0 fully saturated rings. The minimum Gasteiger partial charge on any atom is -0.497 e. The number of hydrogen-bond donors (Lipinski definition) is 1. The second-order valence-corrected chi connectivity index (χ2v) is 7.12. The van der Waals surface area contributed by atoms with Crippen molar-refractivity contribution in [3.8, 4) is 5.75 Å². The van der Waals surface area contributed by atoms with Gasteiger partial charge in [-0.15, -0.1) is 0 Å². The molecule has 1 atom stereocenters. The van der Waals surface area contributed by atoms with Crippen LogP contribution in [-0.4, -0.2) is 12.2 Å². The lowest BCUT2D eigenvalue weighted by Crippen LogP contribution is -2.45. The first-order chi connectivity index (χ1) is 9.90. The maximum absolute atomic E-state index is 11.8. The van der Waals surface area contributed by atoms with E-state index >= 15 is 0 Å². The fraction of sp³-hybridized carbons (Fsp3) is 0.684. The molecule has 118 valence electrons. The molecule has 2 rings (SSSR count). The maximum Gasteiger partial charge on any atom is 0.119 e. The van der Waals surface area contributed by atoms with Crippen LogP contribution in [0.2, 0.25) is 0 Å². The van der Waals surface area contributed by atoms with Crippen molar-refractivity contribution in [2.75, 3.05) is 7.11 Å². The van der Waals surface area contributed by atoms with Gasteiger partial charge >= 0.3 is 0 Å². The Morgan fingerprint density at radius 3 is 2.33 bits per heavy atom. The van der Waals surface area contributed by atoms with Gasteiger partial charge in [-0.05, 0) is 48.4 Å². The standard InChI is InChI=1S/C19H30O2/c1-6-8-15(9-7-2)19(20)17-12-16(21-5)11-10-14(17)13-18(19,3)4/h10-12,15,20H,6-9,13H2,1-5H3. The molecule has 1 aromatic carbocycles. The summed E-state index contributed by atoms with van der Waals surface area (Å²) in [6.45, 7) is 8.83. The molecule has 0 bridgehead atoms. The Morgan fingerprint density at radius 1 is 1.19 bits per heavy atom. The van der Waals surface area contributed by atoms with Crippen LogP contribution in [0.25, 0.3) is 0 Å². The average Bonchev–Trinajstić information content (AvgIpc) is 2.66. The first kappa shape index (κ1) is 16.4. The predicted molar refractivity (Wildman–Crippen MR) is 87.7 cm³/mol. The van der Waals surface area contributed by atoms with E-state index in [4.69, 9.17) is 4.74 Å². The summed E-state index contributed by atoms with van der Waals surface area (Å²) < 4.78 is 5.39. The molecule has 0 heterocycles. The lowest BCUT2D eigenvalue weighted by Gasteiger charge is -2.44. The molecule has 21 heavy (non-hydrogen) atoms. The van der Waals surface area contributed by atoms with Crippen LogP contribution >= 0.6 is 0 Å². The van der Waals surface area contributed by atoms with E-state index in [1.807, 2.05) is 6.07 Å². The van der Waals surface area contributed by atoms with Gasteiger partial charge in [-0.1, -0.05) is 46.6 Å². The van der Waals surface area contributed by atoms with Crippen LogP contribution in [0.3, 0.4) is 0 Å². The van der Waals surface area contributed by atoms with Gasteiger partial charge < -0.3 is 9.84 Å². The van der Waals surface area contributed by atoms with Gasteiger partial charge in [0.05, 0.1) is 12.7 Å². The Balaban J connectivity index is 2.53. The Hall–Kier alpha value is -1.02. The summed E-state index contributed by atoms with van der Waals surface area (Å²) in [6.07, 6.45) is 5.31. The molecule has 1 aliphatic rings. The van der Waals surface area contributed by atoms with E-state index in [2.05, 4.69) is 39.8 Å². The maximum atomic E-state index is 11.8. The minimum absolute atomic E-state index is 0.128. The molecule has 0 spiro atoms. The average molecular weight is 290 g/mol. The summed E-state index contributed by atoms with van der Waals surface area (Å²) >= 11 is 0. The predicted octanol–water partition coefficient (Wildman–Crippen LogP) is 4.68. The molecule has 0 aromatic heterocycles. The number of rotatable bonds is 6.